The topological polar surface area (TPSA) is 22.1 Å². The number of unbranched alkanes of at least 4 members (excludes halogenated alkanes) is 1. The number of methoxy groups -OCH3 is 1. The van der Waals surface area contributed by atoms with Crippen LogP contribution in [0.5, 0.6) is 5.75 Å². The maximum atomic E-state index is 13.8. The Kier molecular flexibility index (Phi) is 5.87. The number of pyridine rings is 1. The van der Waals surface area contributed by atoms with E-state index in [0.717, 1.165) is 18.5 Å². The summed E-state index contributed by atoms with van der Waals surface area (Å²) in [6.45, 7) is 2.11. The van der Waals surface area contributed by atoms with E-state index in [1.54, 1.807) is 12.3 Å². The van der Waals surface area contributed by atoms with Gasteiger partial charge in [0.25, 0.3) is 0 Å². The maximum absolute atomic E-state index is 13.8. The molecule has 4 heteroatoms. The van der Waals surface area contributed by atoms with Crippen molar-refractivity contribution in [3.63, 3.8) is 0 Å². The molecule has 0 aliphatic rings. The van der Waals surface area contributed by atoms with Crippen LogP contribution in [0.15, 0.2) is 36.5 Å². The van der Waals surface area contributed by atoms with Crippen LogP contribution in [0.25, 0.3) is 6.08 Å². The molecule has 0 aliphatic carbocycles. The molecule has 2 nitrogen and oxygen atoms in total. The van der Waals surface area contributed by atoms with Crippen molar-refractivity contribution in [3.8, 4) is 17.6 Å². The van der Waals surface area contributed by atoms with Gasteiger partial charge in [-0.1, -0.05) is 31.3 Å². The monoisotopic (exact) mass is 313 g/mol. The van der Waals surface area contributed by atoms with Gasteiger partial charge in [0.2, 0.25) is 5.82 Å². The van der Waals surface area contributed by atoms with Crippen molar-refractivity contribution in [2.24, 2.45) is 0 Å². The lowest BCUT2D eigenvalue weighted by atomic mass is 10.1. The quantitative estimate of drug-likeness (QED) is 0.771. The molecule has 2 rings (SSSR count). The maximum Gasteiger partial charge on any atom is 0.201 e. The molecule has 0 bridgehead atoms. The Morgan fingerprint density at radius 3 is 2.61 bits per heavy atom. The van der Waals surface area contributed by atoms with Gasteiger partial charge in [-0.05, 0) is 36.8 Å². The fourth-order valence-electron chi connectivity index (χ4n) is 1.87. The largest absolute Gasteiger partial charge is 0.494 e. The molecule has 0 saturated carbocycles. The molecule has 0 fully saturated rings. The third kappa shape index (κ3) is 4.40. The number of benzene rings is 1. The second-order valence-corrected chi connectivity index (χ2v) is 4.86. The number of halogens is 2. The van der Waals surface area contributed by atoms with Gasteiger partial charge < -0.3 is 4.74 Å². The predicted octanol–water partition coefficient (Wildman–Crippen LogP) is 4.58. The van der Waals surface area contributed by atoms with E-state index in [9.17, 15) is 8.78 Å². The number of nitrogens with zero attached hydrogens (tertiary/aromatic N) is 1. The van der Waals surface area contributed by atoms with Crippen molar-refractivity contribution in [2.45, 2.75) is 19.8 Å². The van der Waals surface area contributed by atoms with Crippen molar-refractivity contribution in [3.05, 3.63) is 65.0 Å². The molecular formula is C19H17F2NO. The highest BCUT2D eigenvalue weighted by molar-refractivity contribution is 5.48. The van der Waals surface area contributed by atoms with Crippen LogP contribution in [-0.4, -0.2) is 12.1 Å². The number of allylic oxidation sites excluding steroid dienone is 1. The van der Waals surface area contributed by atoms with Gasteiger partial charge in [0.1, 0.15) is 0 Å². The highest BCUT2D eigenvalue weighted by Crippen LogP contribution is 2.21. The number of aromatic nitrogens is 1. The summed E-state index contributed by atoms with van der Waals surface area (Å²) in [6, 6.07) is 6.37. The molecule has 23 heavy (non-hydrogen) atoms. The zero-order chi connectivity index (χ0) is 16.7. The Labute approximate surface area is 134 Å². The first-order chi connectivity index (χ1) is 11.2. The molecule has 0 atom stereocenters. The highest BCUT2D eigenvalue weighted by atomic mass is 19.2. The Bertz CT molecular complexity index is 755. The van der Waals surface area contributed by atoms with Crippen molar-refractivity contribution < 1.29 is 13.5 Å². The molecule has 0 radical (unpaired) electrons. The third-order valence-electron chi connectivity index (χ3n) is 3.14. The van der Waals surface area contributed by atoms with Gasteiger partial charge in [-0.3, -0.25) is 4.98 Å². The van der Waals surface area contributed by atoms with Crippen molar-refractivity contribution >= 4 is 6.08 Å². The van der Waals surface area contributed by atoms with Crippen molar-refractivity contribution in [1.82, 2.24) is 4.98 Å². The summed E-state index contributed by atoms with van der Waals surface area (Å²) in [5.74, 6) is 3.21. The first-order valence-corrected chi connectivity index (χ1v) is 7.32. The lowest BCUT2D eigenvalue weighted by Gasteiger charge is -2.03. The minimum Gasteiger partial charge on any atom is -0.494 e. The van der Waals surface area contributed by atoms with Crippen LogP contribution in [0.1, 0.15) is 36.6 Å². The van der Waals surface area contributed by atoms with Gasteiger partial charge in [0.15, 0.2) is 11.6 Å². The molecular weight excluding hydrogens is 296 g/mol. The fourth-order valence-corrected chi connectivity index (χ4v) is 1.87. The Morgan fingerprint density at radius 1 is 1.13 bits per heavy atom. The molecule has 118 valence electrons. The lowest BCUT2D eigenvalue weighted by molar-refractivity contribution is 0.371. The van der Waals surface area contributed by atoms with Crippen LogP contribution in [-0.2, 0) is 0 Å². The van der Waals surface area contributed by atoms with E-state index in [4.69, 9.17) is 4.74 Å². The SMILES string of the molecule is CCCC=Cc1ccc(C#Cc2ccc(OC)c(F)c2F)cn1. The van der Waals surface area contributed by atoms with Crippen LogP contribution in [0.2, 0.25) is 0 Å². The molecule has 1 aromatic heterocycles. The number of hydrogen-bond acceptors (Lipinski definition) is 2. The van der Waals surface area contributed by atoms with Gasteiger partial charge in [0, 0.05) is 11.8 Å². The second-order valence-electron chi connectivity index (χ2n) is 4.86. The lowest BCUT2D eigenvalue weighted by Crippen LogP contribution is -1.95. The first-order valence-electron chi connectivity index (χ1n) is 7.32. The standard InChI is InChI=1S/C19H17F2NO/c1-3-4-5-6-16-11-8-14(13-22-16)7-9-15-10-12-17(23-2)19(21)18(15)20/h5-6,8,10-13H,3-4H2,1-2H3. The minimum atomic E-state index is -1.03. The van der Waals surface area contributed by atoms with Crippen LogP contribution >= 0.6 is 0 Å². The smallest absolute Gasteiger partial charge is 0.201 e. The number of rotatable bonds is 4. The molecule has 0 N–H and O–H groups in total. The van der Waals surface area contributed by atoms with Crippen LogP contribution in [0.3, 0.4) is 0 Å². The summed E-state index contributed by atoms with van der Waals surface area (Å²) in [6.07, 6.45) is 7.70. The molecule has 0 saturated heterocycles. The Hall–Kier alpha value is -2.67. The molecule has 0 aliphatic heterocycles. The highest BCUT2D eigenvalue weighted by Gasteiger charge is 2.12. The van der Waals surface area contributed by atoms with Crippen molar-refractivity contribution in [1.29, 1.82) is 0 Å². The zero-order valence-corrected chi connectivity index (χ0v) is 13.1. The fraction of sp³-hybridized carbons (Fsp3) is 0.211. The summed E-state index contributed by atoms with van der Waals surface area (Å²) < 4.78 is 32.1. The van der Waals surface area contributed by atoms with E-state index in [0.29, 0.717) is 5.56 Å². The normalized spacial score (nSPS) is 10.4. The Morgan fingerprint density at radius 2 is 1.96 bits per heavy atom. The van der Waals surface area contributed by atoms with Crippen LogP contribution in [0.4, 0.5) is 8.78 Å². The number of hydrogen-bond donors (Lipinski definition) is 0. The van der Waals surface area contributed by atoms with E-state index in [1.165, 1.54) is 19.2 Å². The summed E-state index contributed by atoms with van der Waals surface area (Å²) in [7, 11) is 1.28. The number of ether oxygens (including phenoxy) is 1. The predicted molar refractivity (Wildman–Crippen MR) is 87.1 cm³/mol. The van der Waals surface area contributed by atoms with E-state index < -0.39 is 11.6 Å². The van der Waals surface area contributed by atoms with Crippen LogP contribution < -0.4 is 4.74 Å². The second kappa shape index (κ2) is 8.09. The third-order valence-corrected chi connectivity index (χ3v) is 3.14. The molecule has 2 aromatic rings. The van der Waals surface area contributed by atoms with E-state index >= 15 is 0 Å². The van der Waals surface area contributed by atoms with Gasteiger partial charge in [-0.25, -0.2) is 4.39 Å². The average molecular weight is 313 g/mol. The van der Waals surface area contributed by atoms with E-state index in [1.807, 2.05) is 12.1 Å². The molecule has 0 unspecified atom stereocenters. The van der Waals surface area contributed by atoms with Gasteiger partial charge >= 0.3 is 0 Å². The summed E-state index contributed by atoms with van der Waals surface area (Å²) >= 11 is 0. The zero-order valence-electron chi connectivity index (χ0n) is 13.1. The van der Waals surface area contributed by atoms with Crippen molar-refractivity contribution in [2.75, 3.05) is 7.11 Å². The molecule has 1 heterocycles. The first kappa shape index (κ1) is 16.7. The molecule has 0 spiro atoms. The average Bonchev–Trinajstić information content (AvgIpc) is 2.58. The summed E-state index contributed by atoms with van der Waals surface area (Å²) in [5, 5.41) is 0. The summed E-state index contributed by atoms with van der Waals surface area (Å²) in [5.41, 5.74) is 1.45. The van der Waals surface area contributed by atoms with E-state index in [2.05, 4.69) is 29.8 Å². The minimum absolute atomic E-state index is 0.0183. The molecule has 1 aromatic carbocycles. The summed E-state index contributed by atoms with van der Waals surface area (Å²) in [4.78, 5) is 4.25. The van der Waals surface area contributed by atoms with E-state index in [-0.39, 0.29) is 11.3 Å². The van der Waals surface area contributed by atoms with Gasteiger partial charge in [-0.2, -0.15) is 4.39 Å². The molecule has 0 amide bonds. The van der Waals surface area contributed by atoms with Gasteiger partial charge in [-0.15, -0.1) is 0 Å². The van der Waals surface area contributed by atoms with Gasteiger partial charge in [0.05, 0.1) is 18.4 Å². The Balaban J connectivity index is 2.18. The van der Waals surface area contributed by atoms with Crippen LogP contribution in [0, 0.1) is 23.5 Å².